The molecule has 0 unspecified atom stereocenters. The zero-order chi connectivity index (χ0) is 19.0. The maximum Gasteiger partial charge on any atom is 0.339 e. The molecule has 27 heavy (non-hydrogen) atoms. The largest absolute Gasteiger partial charge is 0.478 e. The molecule has 1 aromatic carbocycles. The van der Waals surface area contributed by atoms with Crippen LogP contribution in [0.1, 0.15) is 20.8 Å². The lowest BCUT2D eigenvalue weighted by atomic mass is 10.2. The third-order valence-corrected chi connectivity index (χ3v) is 4.11. The second-order valence-corrected chi connectivity index (χ2v) is 5.76. The van der Waals surface area contributed by atoms with E-state index >= 15 is 0 Å². The van der Waals surface area contributed by atoms with Crippen molar-refractivity contribution in [3.8, 4) is 0 Å². The molecular weight excluding hydrogens is 348 g/mol. The number of aromatic nitrogens is 5. The van der Waals surface area contributed by atoms with E-state index < -0.39 is 11.9 Å². The summed E-state index contributed by atoms with van der Waals surface area (Å²) in [6.07, 6.45) is 4.26. The third kappa shape index (κ3) is 2.80. The molecule has 0 aliphatic heterocycles. The summed E-state index contributed by atoms with van der Waals surface area (Å²) in [5.41, 5.74) is 1.50. The average molecular weight is 362 g/mol. The molecule has 0 radical (unpaired) electrons. The Kier molecular flexibility index (Phi) is 3.88. The van der Waals surface area contributed by atoms with Gasteiger partial charge < -0.3 is 5.11 Å². The second-order valence-electron chi connectivity index (χ2n) is 5.76. The first-order valence-corrected chi connectivity index (χ1v) is 8.00. The van der Waals surface area contributed by atoms with Crippen molar-refractivity contribution in [3.05, 3.63) is 72.4 Å². The van der Waals surface area contributed by atoms with Crippen molar-refractivity contribution in [2.45, 2.75) is 0 Å². The highest BCUT2D eigenvalue weighted by Crippen LogP contribution is 2.28. The molecule has 3 heterocycles. The second kappa shape index (κ2) is 6.37. The molecule has 1 amide bonds. The number of aryl methyl sites for hydroxylation is 1. The Bertz CT molecular complexity index is 1150. The number of amides is 1. The number of fused-ring (bicyclic) bond motifs is 1. The predicted molar refractivity (Wildman–Crippen MR) is 96.1 cm³/mol. The highest BCUT2D eigenvalue weighted by Gasteiger charge is 2.28. The number of pyridine rings is 1. The number of carbonyl (C=O) groups excluding carboxylic acids is 1. The van der Waals surface area contributed by atoms with E-state index in [0.29, 0.717) is 17.0 Å². The minimum absolute atomic E-state index is 0.0207. The molecule has 9 heteroatoms. The first kappa shape index (κ1) is 16.5. The van der Waals surface area contributed by atoms with Crippen molar-refractivity contribution >= 4 is 28.9 Å². The monoisotopic (exact) mass is 362 g/mol. The Hall–Kier alpha value is -4.01. The van der Waals surface area contributed by atoms with Crippen LogP contribution in [0.15, 0.2) is 61.2 Å². The van der Waals surface area contributed by atoms with Crippen molar-refractivity contribution in [1.82, 2.24) is 24.4 Å². The molecule has 4 aromatic rings. The van der Waals surface area contributed by atoms with Gasteiger partial charge in [-0.2, -0.15) is 10.2 Å². The van der Waals surface area contributed by atoms with Gasteiger partial charge in [0.05, 0.1) is 11.9 Å². The number of aromatic carboxylic acids is 1. The lowest BCUT2D eigenvalue weighted by Crippen LogP contribution is -2.29. The normalized spacial score (nSPS) is 10.9. The zero-order valence-corrected chi connectivity index (χ0v) is 14.2. The molecule has 0 bridgehead atoms. The van der Waals surface area contributed by atoms with Gasteiger partial charge in [-0.25, -0.2) is 14.3 Å². The first-order valence-electron chi connectivity index (χ1n) is 8.00. The van der Waals surface area contributed by atoms with Crippen molar-refractivity contribution in [3.63, 3.8) is 0 Å². The smallest absolute Gasteiger partial charge is 0.339 e. The number of hydrogen-bond donors (Lipinski definition) is 1. The van der Waals surface area contributed by atoms with Crippen LogP contribution in [0, 0.1) is 0 Å². The van der Waals surface area contributed by atoms with E-state index in [9.17, 15) is 14.7 Å². The van der Waals surface area contributed by atoms with Crippen LogP contribution in [0.5, 0.6) is 0 Å². The topological polar surface area (TPSA) is 106 Å². The van der Waals surface area contributed by atoms with Crippen molar-refractivity contribution in [1.29, 1.82) is 0 Å². The minimum atomic E-state index is -1.22. The lowest BCUT2D eigenvalue weighted by molar-refractivity contribution is 0.0691. The number of anilines is 2. The fraction of sp³-hybridized carbons (Fsp3) is 0.0556. The molecule has 3 aromatic heterocycles. The van der Waals surface area contributed by atoms with Crippen molar-refractivity contribution < 1.29 is 14.7 Å². The predicted octanol–water partition coefficient (Wildman–Crippen LogP) is 2.14. The van der Waals surface area contributed by atoms with Crippen LogP contribution in [-0.2, 0) is 7.05 Å². The SMILES string of the molecule is Cn1ncc(C(=O)O)c1C(=O)N(c1ccccc1)c1ccn2ncnc2c1. The highest BCUT2D eigenvalue weighted by molar-refractivity contribution is 6.14. The Morgan fingerprint density at radius 2 is 1.85 bits per heavy atom. The third-order valence-electron chi connectivity index (χ3n) is 4.11. The standard InChI is InChI=1S/C18H14N6O3/c1-22-16(14(10-20-22)18(26)27)17(25)24(12-5-3-2-4-6-12)13-7-8-23-15(9-13)19-11-21-23/h2-11H,1H3,(H,26,27). The maximum absolute atomic E-state index is 13.4. The van der Waals surface area contributed by atoms with Crippen LogP contribution in [0.3, 0.4) is 0 Å². The highest BCUT2D eigenvalue weighted by atomic mass is 16.4. The van der Waals surface area contributed by atoms with Gasteiger partial charge in [0.2, 0.25) is 0 Å². The molecule has 134 valence electrons. The number of benzene rings is 1. The average Bonchev–Trinajstić information content (AvgIpc) is 3.28. The summed E-state index contributed by atoms with van der Waals surface area (Å²) in [5.74, 6) is -1.73. The van der Waals surface area contributed by atoms with E-state index in [1.807, 2.05) is 6.07 Å². The summed E-state index contributed by atoms with van der Waals surface area (Å²) in [6.45, 7) is 0. The van der Waals surface area contributed by atoms with Gasteiger partial charge in [0, 0.05) is 25.0 Å². The Morgan fingerprint density at radius 1 is 1.07 bits per heavy atom. The van der Waals surface area contributed by atoms with E-state index in [2.05, 4.69) is 15.2 Å². The summed E-state index contributed by atoms with van der Waals surface area (Å²) in [5, 5.41) is 17.4. The molecule has 0 saturated heterocycles. The Morgan fingerprint density at radius 3 is 2.59 bits per heavy atom. The van der Waals surface area contributed by atoms with Crippen LogP contribution in [-0.4, -0.2) is 41.4 Å². The number of carboxylic acids is 1. The van der Waals surface area contributed by atoms with E-state index in [1.54, 1.807) is 47.1 Å². The van der Waals surface area contributed by atoms with Crippen LogP contribution in [0.4, 0.5) is 11.4 Å². The molecule has 0 saturated carbocycles. The van der Waals surface area contributed by atoms with E-state index in [-0.39, 0.29) is 11.3 Å². The number of carbonyl (C=O) groups is 2. The van der Waals surface area contributed by atoms with Gasteiger partial charge in [0.25, 0.3) is 5.91 Å². The molecular formula is C18H14N6O3. The van der Waals surface area contributed by atoms with Crippen molar-refractivity contribution in [2.75, 3.05) is 4.90 Å². The summed E-state index contributed by atoms with van der Waals surface area (Å²) in [7, 11) is 1.53. The van der Waals surface area contributed by atoms with Gasteiger partial charge in [0.15, 0.2) is 5.65 Å². The molecule has 0 aliphatic rings. The van der Waals surface area contributed by atoms with Crippen LogP contribution in [0.2, 0.25) is 0 Å². The number of hydrogen-bond acceptors (Lipinski definition) is 5. The number of rotatable bonds is 4. The number of nitrogens with zero attached hydrogens (tertiary/aromatic N) is 6. The summed E-state index contributed by atoms with van der Waals surface area (Å²) in [6, 6.07) is 12.4. The van der Waals surface area contributed by atoms with Gasteiger partial charge in [-0.05, 0) is 18.2 Å². The van der Waals surface area contributed by atoms with Gasteiger partial charge in [-0.15, -0.1) is 0 Å². The molecule has 0 fully saturated rings. The molecule has 9 nitrogen and oxygen atoms in total. The zero-order valence-electron chi connectivity index (χ0n) is 14.2. The molecule has 0 atom stereocenters. The lowest BCUT2D eigenvalue weighted by Gasteiger charge is -2.23. The maximum atomic E-state index is 13.4. The van der Waals surface area contributed by atoms with Gasteiger partial charge in [-0.3, -0.25) is 14.4 Å². The fourth-order valence-corrected chi connectivity index (χ4v) is 2.86. The quantitative estimate of drug-likeness (QED) is 0.596. The van der Waals surface area contributed by atoms with Gasteiger partial charge >= 0.3 is 5.97 Å². The summed E-state index contributed by atoms with van der Waals surface area (Å²) < 4.78 is 2.83. The Balaban J connectivity index is 1.90. The first-order chi connectivity index (χ1) is 13.1. The fourth-order valence-electron chi connectivity index (χ4n) is 2.86. The number of para-hydroxylation sites is 1. The van der Waals surface area contributed by atoms with Crippen LogP contribution in [0.25, 0.3) is 5.65 Å². The molecule has 4 rings (SSSR count). The van der Waals surface area contributed by atoms with E-state index in [1.165, 1.54) is 29.2 Å². The summed E-state index contributed by atoms with van der Waals surface area (Å²) >= 11 is 0. The van der Waals surface area contributed by atoms with Crippen LogP contribution >= 0.6 is 0 Å². The van der Waals surface area contributed by atoms with E-state index in [4.69, 9.17) is 0 Å². The van der Waals surface area contributed by atoms with Crippen molar-refractivity contribution in [2.24, 2.45) is 7.05 Å². The molecule has 1 N–H and O–H groups in total. The van der Waals surface area contributed by atoms with Gasteiger partial charge in [-0.1, -0.05) is 18.2 Å². The number of carboxylic acid groups (broad SMARTS) is 1. The molecule has 0 aliphatic carbocycles. The minimum Gasteiger partial charge on any atom is -0.478 e. The van der Waals surface area contributed by atoms with Crippen LogP contribution < -0.4 is 4.90 Å². The van der Waals surface area contributed by atoms with E-state index in [0.717, 1.165) is 0 Å². The van der Waals surface area contributed by atoms with Gasteiger partial charge in [0.1, 0.15) is 17.6 Å². The molecule has 0 spiro atoms. The summed E-state index contributed by atoms with van der Waals surface area (Å²) in [4.78, 5) is 30.5. The Labute approximate surface area is 153 Å².